The van der Waals surface area contributed by atoms with Gasteiger partial charge >= 0.3 is 5.97 Å². The standard InChI is InChI=1S/C19H22ClNO5S/c1-14(8-9-15-6-4-3-5-7-15)21-27(23,24)16-10-11-18(17(20)12-16)26-13-19(22)25-2/h3-7,10-12,14,21H,8-9,13H2,1-2H3/t14-/m1/s1. The van der Waals surface area contributed by atoms with E-state index in [2.05, 4.69) is 9.46 Å². The number of rotatable bonds is 9. The van der Waals surface area contributed by atoms with Gasteiger partial charge in [-0.3, -0.25) is 0 Å². The van der Waals surface area contributed by atoms with Gasteiger partial charge in [0.15, 0.2) is 6.61 Å². The van der Waals surface area contributed by atoms with Crippen LogP contribution in [0.1, 0.15) is 18.9 Å². The third-order valence-corrected chi connectivity index (χ3v) is 5.73. The Bertz CT molecular complexity index is 871. The Hall–Kier alpha value is -2.09. The molecule has 2 rings (SSSR count). The van der Waals surface area contributed by atoms with Crippen molar-refractivity contribution in [2.75, 3.05) is 13.7 Å². The van der Waals surface area contributed by atoms with Crippen LogP contribution >= 0.6 is 11.6 Å². The Morgan fingerprint density at radius 1 is 1.19 bits per heavy atom. The second-order valence-electron chi connectivity index (χ2n) is 6.00. The van der Waals surface area contributed by atoms with Gasteiger partial charge in [-0.15, -0.1) is 0 Å². The molecule has 0 aromatic heterocycles. The maximum Gasteiger partial charge on any atom is 0.343 e. The van der Waals surface area contributed by atoms with E-state index in [-0.39, 0.29) is 28.3 Å². The summed E-state index contributed by atoms with van der Waals surface area (Å²) < 4.78 is 37.4. The van der Waals surface area contributed by atoms with Crippen LogP contribution in [0, 0.1) is 0 Å². The first-order chi connectivity index (χ1) is 12.8. The van der Waals surface area contributed by atoms with Crippen molar-refractivity contribution in [1.82, 2.24) is 4.72 Å². The van der Waals surface area contributed by atoms with Crippen LogP contribution in [0.2, 0.25) is 5.02 Å². The molecule has 0 spiro atoms. The van der Waals surface area contributed by atoms with Crippen molar-refractivity contribution in [1.29, 1.82) is 0 Å². The number of aryl methyl sites for hydroxylation is 1. The smallest absolute Gasteiger partial charge is 0.343 e. The normalized spacial score (nSPS) is 12.4. The number of carbonyl (C=O) groups is 1. The molecule has 0 fully saturated rings. The summed E-state index contributed by atoms with van der Waals surface area (Å²) in [4.78, 5) is 11.1. The van der Waals surface area contributed by atoms with Gasteiger partial charge < -0.3 is 9.47 Å². The topological polar surface area (TPSA) is 81.7 Å². The Labute approximate surface area is 164 Å². The largest absolute Gasteiger partial charge is 0.480 e. The molecule has 0 aliphatic carbocycles. The third-order valence-electron chi connectivity index (χ3n) is 3.85. The molecule has 146 valence electrons. The monoisotopic (exact) mass is 411 g/mol. The zero-order valence-electron chi connectivity index (χ0n) is 15.1. The van der Waals surface area contributed by atoms with Gasteiger partial charge in [-0.2, -0.15) is 0 Å². The minimum atomic E-state index is -3.72. The van der Waals surface area contributed by atoms with Crippen LogP contribution in [0.5, 0.6) is 5.75 Å². The van der Waals surface area contributed by atoms with E-state index in [1.165, 1.54) is 25.3 Å². The fraction of sp³-hybridized carbons (Fsp3) is 0.316. The van der Waals surface area contributed by atoms with E-state index in [1.807, 2.05) is 37.3 Å². The van der Waals surface area contributed by atoms with Crippen LogP contribution in [0.3, 0.4) is 0 Å². The van der Waals surface area contributed by atoms with Crippen molar-refractivity contribution < 1.29 is 22.7 Å². The zero-order valence-corrected chi connectivity index (χ0v) is 16.7. The summed E-state index contributed by atoms with van der Waals surface area (Å²) in [5.41, 5.74) is 1.15. The Morgan fingerprint density at radius 3 is 2.52 bits per heavy atom. The Balaban J connectivity index is 1.98. The predicted octanol–water partition coefficient (Wildman–Crippen LogP) is 3.19. The highest BCUT2D eigenvalue weighted by molar-refractivity contribution is 7.89. The average Bonchev–Trinajstić information content (AvgIpc) is 2.65. The minimum Gasteiger partial charge on any atom is -0.480 e. The highest BCUT2D eigenvalue weighted by atomic mass is 35.5. The van der Waals surface area contributed by atoms with Crippen LogP contribution in [0.25, 0.3) is 0 Å². The van der Waals surface area contributed by atoms with Gasteiger partial charge in [0.1, 0.15) is 5.75 Å². The number of sulfonamides is 1. The summed E-state index contributed by atoms with van der Waals surface area (Å²) >= 11 is 6.07. The summed E-state index contributed by atoms with van der Waals surface area (Å²) in [6.07, 6.45) is 1.43. The van der Waals surface area contributed by atoms with Crippen LogP contribution in [0.4, 0.5) is 0 Å². The van der Waals surface area contributed by atoms with Crippen LogP contribution in [-0.2, 0) is 26.0 Å². The number of nitrogens with one attached hydrogen (secondary N) is 1. The van der Waals surface area contributed by atoms with E-state index in [1.54, 1.807) is 0 Å². The van der Waals surface area contributed by atoms with E-state index in [4.69, 9.17) is 16.3 Å². The molecule has 0 saturated heterocycles. The number of hydrogen-bond acceptors (Lipinski definition) is 5. The molecular formula is C19H22ClNO5S. The SMILES string of the molecule is COC(=O)COc1ccc(S(=O)(=O)N[C@H](C)CCc2ccccc2)cc1Cl. The van der Waals surface area contributed by atoms with Crippen molar-refractivity contribution in [2.24, 2.45) is 0 Å². The van der Waals surface area contributed by atoms with Gasteiger partial charge in [-0.1, -0.05) is 41.9 Å². The van der Waals surface area contributed by atoms with Gasteiger partial charge in [-0.25, -0.2) is 17.9 Å². The number of hydrogen-bond donors (Lipinski definition) is 1. The molecular weight excluding hydrogens is 390 g/mol. The van der Waals surface area contributed by atoms with Crippen LogP contribution < -0.4 is 9.46 Å². The first kappa shape index (κ1) is 21.2. The van der Waals surface area contributed by atoms with E-state index < -0.39 is 16.0 Å². The van der Waals surface area contributed by atoms with Crippen molar-refractivity contribution in [2.45, 2.75) is 30.7 Å². The number of methoxy groups -OCH3 is 1. The fourth-order valence-corrected chi connectivity index (χ4v) is 3.98. The summed E-state index contributed by atoms with van der Waals surface area (Å²) in [6, 6.07) is 13.7. The molecule has 6 nitrogen and oxygen atoms in total. The van der Waals surface area contributed by atoms with E-state index >= 15 is 0 Å². The Morgan fingerprint density at radius 2 is 1.89 bits per heavy atom. The zero-order chi connectivity index (χ0) is 19.9. The van der Waals surface area contributed by atoms with E-state index in [0.29, 0.717) is 6.42 Å². The molecule has 2 aromatic carbocycles. The molecule has 8 heteroatoms. The minimum absolute atomic E-state index is 0.0319. The number of halogens is 1. The lowest BCUT2D eigenvalue weighted by Gasteiger charge is -2.15. The first-order valence-electron chi connectivity index (χ1n) is 8.37. The lowest BCUT2D eigenvalue weighted by Crippen LogP contribution is -2.33. The van der Waals surface area contributed by atoms with Crippen molar-refractivity contribution >= 4 is 27.6 Å². The molecule has 0 unspecified atom stereocenters. The quantitative estimate of drug-likeness (QED) is 0.641. The first-order valence-corrected chi connectivity index (χ1v) is 10.2. The van der Waals surface area contributed by atoms with Gasteiger partial charge in [-0.05, 0) is 43.5 Å². The van der Waals surface area contributed by atoms with E-state index in [0.717, 1.165) is 12.0 Å². The molecule has 0 bridgehead atoms. The molecule has 1 N–H and O–H groups in total. The average molecular weight is 412 g/mol. The number of esters is 1. The van der Waals surface area contributed by atoms with Crippen molar-refractivity contribution in [3.63, 3.8) is 0 Å². The molecule has 0 aliphatic heterocycles. The van der Waals surface area contributed by atoms with Gasteiger partial charge in [0.25, 0.3) is 0 Å². The second-order valence-corrected chi connectivity index (χ2v) is 8.12. The number of ether oxygens (including phenoxy) is 2. The van der Waals surface area contributed by atoms with Crippen molar-refractivity contribution in [3.8, 4) is 5.75 Å². The summed E-state index contributed by atoms with van der Waals surface area (Å²) in [5.74, 6) is -0.352. The maximum absolute atomic E-state index is 12.5. The second kappa shape index (κ2) is 9.73. The van der Waals surface area contributed by atoms with Crippen molar-refractivity contribution in [3.05, 3.63) is 59.1 Å². The highest BCUT2D eigenvalue weighted by Gasteiger charge is 2.19. The van der Waals surface area contributed by atoms with Gasteiger partial charge in [0, 0.05) is 6.04 Å². The molecule has 27 heavy (non-hydrogen) atoms. The molecule has 0 radical (unpaired) electrons. The predicted molar refractivity (Wildman–Crippen MR) is 104 cm³/mol. The lowest BCUT2D eigenvalue weighted by atomic mass is 10.1. The van der Waals surface area contributed by atoms with Crippen LogP contribution in [0.15, 0.2) is 53.4 Å². The summed E-state index contributed by atoms with van der Waals surface area (Å²) in [7, 11) is -2.48. The molecule has 1 atom stereocenters. The molecule has 0 amide bonds. The third kappa shape index (κ3) is 6.53. The summed E-state index contributed by atoms with van der Waals surface area (Å²) in [6.45, 7) is 1.51. The van der Waals surface area contributed by atoms with Crippen LogP contribution in [-0.4, -0.2) is 34.1 Å². The number of carbonyl (C=O) groups excluding carboxylic acids is 1. The summed E-state index contributed by atoms with van der Waals surface area (Å²) in [5, 5.41) is 0.0960. The number of benzene rings is 2. The molecule has 0 saturated carbocycles. The molecule has 0 heterocycles. The maximum atomic E-state index is 12.5. The Kier molecular flexibility index (Phi) is 7.65. The molecule has 0 aliphatic rings. The highest BCUT2D eigenvalue weighted by Crippen LogP contribution is 2.27. The molecule has 2 aromatic rings. The fourth-order valence-electron chi connectivity index (χ4n) is 2.38. The van der Waals surface area contributed by atoms with E-state index in [9.17, 15) is 13.2 Å². The van der Waals surface area contributed by atoms with Gasteiger partial charge in [0.05, 0.1) is 17.0 Å². The van der Waals surface area contributed by atoms with Gasteiger partial charge in [0.2, 0.25) is 10.0 Å². The lowest BCUT2D eigenvalue weighted by molar-refractivity contribution is -0.142.